The molecule has 0 saturated heterocycles. The first kappa shape index (κ1) is 26.7. The maximum atomic E-state index is 12.3. The van der Waals surface area contributed by atoms with E-state index < -0.39 is 0 Å². The summed E-state index contributed by atoms with van der Waals surface area (Å²) >= 11 is 0. The van der Waals surface area contributed by atoms with Crippen molar-refractivity contribution in [3.05, 3.63) is 53.9 Å². The largest absolute Gasteiger partial charge is 0.493 e. The number of nitrogens with two attached hydrogens (primary N) is 2. The van der Waals surface area contributed by atoms with Gasteiger partial charge in [-0.05, 0) is 44.2 Å². The molecule has 0 radical (unpaired) electrons. The summed E-state index contributed by atoms with van der Waals surface area (Å²) in [5.74, 6) is 0.409. The van der Waals surface area contributed by atoms with Gasteiger partial charge in [-0.1, -0.05) is 6.07 Å². The fraction of sp³-hybridized carbons (Fsp3) is 0.294. The van der Waals surface area contributed by atoms with Crippen LogP contribution >= 0.6 is 37.2 Å². The Kier molecular flexibility index (Phi) is 14.0. The zero-order chi connectivity index (χ0) is 16.7. The highest BCUT2D eigenvalue weighted by molar-refractivity contribution is 6.04. The number of pyridine rings is 1. The number of anilines is 1. The first-order chi connectivity index (χ1) is 11.1. The van der Waals surface area contributed by atoms with Gasteiger partial charge in [0, 0.05) is 35.2 Å². The first-order valence-electron chi connectivity index (χ1n) is 7.55. The zero-order valence-corrected chi connectivity index (χ0v) is 16.8. The normalized spacial score (nSPS) is 10.4. The SMILES string of the molecule is CC(N)c1ccc(C(=O)Nc2ccncc2)cc1OCCCN.Cl.Cl.Cl. The first-order valence-corrected chi connectivity index (χ1v) is 7.55. The molecule has 0 bridgehead atoms. The van der Waals surface area contributed by atoms with Crippen LogP contribution in [0.3, 0.4) is 0 Å². The minimum absolute atomic E-state index is 0. The van der Waals surface area contributed by atoms with Crippen LogP contribution in [0.1, 0.15) is 35.3 Å². The number of halogens is 3. The van der Waals surface area contributed by atoms with E-state index in [2.05, 4.69) is 10.3 Å². The molecular formula is C17H25Cl3N4O2. The van der Waals surface area contributed by atoms with Crippen molar-refractivity contribution in [2.75, 3.05) is 18.5 Å². The molecule has 0 saturated carbocycles. The van der Waals surface area contributed by atoms with E-state index in [1.807, 2.05) is 13.0 Å². The van der Waals surface area contributed by atoms with E-state index in [0.717, 1.165) is 12.0 Å². The average molecular weight is 424 g/mol. The van der Waals surface area contributed by atoms with Crippen LogP contribution < -0.4 is 21.5 Å². The summed E-state index contributed by atoms with van der Waals surface area (Å²) < 4.78 is 5.73. The third kappa shape index (κ3) is 7.76. The maximum Gasteiger partial charge on any atom is 0.255 e. The maximum absolute atomic E-state index is 12.3. The van der Waals surface area contributed by atoms with Crippen molar-refractivity contribution in [1.82, 2.24) is 4.98 Å². The Bertz CT molecular complexity index is 658. The Morgan fingerprint density at radius 2 is 1.85 bits per heavy atom. The molecule has 1 heterocycles. The number of rotatable bonds is 7. The number of aromatic nitrogens is 1. The standard InChI is InChI=1S/C17H22N4O2.3ClH/c1-12(19)15-4-3-13(11-16(15)23-10-2-7-18)17(22)21-14-5-8-20-9-6-14;;;/h3-6,8-9,11-12H,2,7,10,18-19H2,1H3,(H,20,21,22);3*1H. The second-order valence-corrected chi connectivity index (χ2v) is 5.22. The summed E-state index contributed by atoms with van der Waals surface area (Å²) in [7, 11) is 0. The lowest BCUT2D eigenvalue weighted by atomic mass is 10.0. The van der Waals surface area contributed by atoms with Gasteiger partial charge in [-0.15, -0.1) is 37.2 Å². The van der Waals surface area contributed by atoms with Crippen molar-refractivity contribution in [2.24, 2.45) is 11.5 Å². The number of nitrogens with one attached hydrogen (secondary N) is 1. The highest BCUT2D eigenvalue weighted by atomic mass is 35.5. The molecule has 1 unspecified atom stereocenters. The Morgan fingerprint density at radius 3 is 2.42 bits per heavy atom. The van der Waals surface area contributed by atoms with Crippen LogP contribution in [0.15, 0.2) is 42.7 Å². The molecule has 9 heteroatoms. The van der Waals surface area contributed by atoms with Gasteiger partial charge in [-0.25, -0.2) is 0 Å². The van der Waals surface area contributed by atoms with Crippen molar-refractivity contribution in [1.29, 1.82) is 0 Å². The van der Waals surface area contributed by atoms with Crippen LogP contribution in [0.25, 0.3) is 0 Å². The lowest BCUT2D eigenvalue weighted by Gasteiger charge is -2.15. The minimum Gasteiger partial charge on any atom is -0.493 e. The molecule has 2 aromatic rings. The van der Waals surface area contributed by atoms with Gasteiger partial charge in [0.1, 0.15) is 5.75 Å². The monoisotopic (exact) mass is 422 g/mol. The van der Waals surface area contributed by atoms with Crippen molar-refractivity contribution >= 4 is 48.8 Å². The Morgan fingerprint density at radius 1 is 1.19 bits per heavy atom. The summed E-state index contributed by atoms with van der Waals surface area (Å²) in [6.07, 6.45) is 3.98. The molecule has 0 fully saturated rings. The van der Waals surface area contributed by atoms with E-state index in [1.165, 1.54) is 0 Å². The third-order valence-electron chi connectivity index (χ3n) is 3.31. The highest BCUT2D eigenvalue weighted by Gasteiger charge is 2.13. The second-order valence-electron chi connectivity index (χ2n) is 5.22. The van der Waals surface area contributed by atoms with Gasteiger partial charge < -0.3 is 21.5 Å². The number of ether oxygens (including phenoxy) is 1. The van der Waals surface area contributed by atoms with Gasteiger partial charge in [0.15, 0.2) is 0 Å². The van der Waals surface area contributed by atoms with Crippen LogP contribution in [-0.4, -0.2) is 24.0 Å². The molecule has 1 aromatic heterocycles. The Balaban J connectivity index is 0. The number of carbonyl (C=O) groups excluding carboxylic acids is 1. The molecule has 1 amide bonds. The molecule has 1 aromatic carbocycles. The Labute approximate surface area is 172 Å². The van der Waals surface area contributed by atoms with Crippen LogP contribution in [0, 0.1) is 0 Å². The van der Waals surface area contributed by atoms with Gasteiger partial charge >= 0.3 is 0 Å². The number of amides is 1. The average Bonchev–Trinajstić information content (AvgIpc) is 2.55. The topological polar surface area (TPSA) is 103 Å². The quantitative estimate of drug-likeness (QED) is 0.593. The summed E-state index contributed by atoms with van der Waals surface area (Å²) in [6.45, 7) is 2.92. The van der Waals surface area contributed by atoms with Crippen molar-refractivity contribution in [3.63, 3.8) is 0 Å². The van der Waals surface area contributed by atoms with E-state index in [9.17, 15) is 4.79 Å². The molecular weight excluding hydrogens is 399 g/mol. The van der Waals surface area contributed by atoms with Gasteiger partial charge in [0.25, 0.3) is 5.91 Å². The van der Waals surface area contributed by atoms with Crippen LogP contribution in [0.5, 0.6) is 5.75 Å². The molecule has 2 rings (SSSR count). The van der Waals surface area contributed by atoms with Gasteiger partial charge in [-0.3, -0.25) is 9.78 Å². The van der Waals surface area contributed by atoms with Gasteiger partial charge in [-0.2, -0.15) is 0 Å². The van der Waals surface area contributed by atoms with Crippen molar-refractivity contribution in [2.45, 2.75) is 19.4 Å². The molecule has 0 aliphatic rings. The molecule has 5 N–H and O–H groups in total. The number of hydrogen-bond acceptors (Lipinski definition) is 5. The molecule has 0 spiro atoms. The van der Waals surface area contributed by atoms with E-state index in [4.69, 9.17) is 16.2 Å². The van der Waals surface area contributed by atoms with E-state index >= 15 is 0 Å². The van der Waals surface area contributed by atoms with Crippen molar-refractivity contribution in [3.8, 4) is 5.75 Å². The molecule has 0 aliphatic carbocycles. The number of hydrogen-bond donors (Lipinski definition) is 3. The fourth-order valence-corrected chi connectivity index (χ4v) is 2.08. The lowest BCUT2D eigenvalue weighted by Crippen LogP contribution is -2.15. The van der Waals surface area contributed by atoms with Crippen LogP contribution in [0.2, 0.25) is 0 Å². The predicted octanol–water partition coefficient (Wildman–Crippen LogP) is 3.35. The molecule has 146 valence electrons. The molecule has 1 atom stereocenters. The fourth-order valence-electron chi connectivity index (χ4n) is 2.08. The number of benzene rings is 1. The highest BCUT2D eigenvalue weighted by Crippen LogP contribution is 2.26. The minimum atomic E-state index is -0.212. The third-order valence-corrected chi connectivity index (χ3v) is 3.31. The number of nitrogens with zero attached hydrogens (tertiary/aromatic N) is 1. The number of carbonyl (C=O) groups is 1. The summed E-state index contributed by atoms with van der Waals surface area (Å²) in [4.78, 5) is 16.3. The summed E-state index contributed by atoms with van der Waals surface area (Å²) in [5.41, 5.74) is 13.5. The lowest BCUT2D eigenvalue weighted by molar-refractivity contribution is 0.102. The zero-order valence-electron chi connectivity index (χ0n) is 14.4. The summed E-state index contributed by atoms with van der Waals surface area (Å²) in [6, 6.07) is 8.56. The van der Waals surface area contributed by atoms with E-state index in [1.54, 1.807) is 36.7 Å². The molecule has 26 heavy (non-hydrogen) atoms. The Hall–Kier alpha value is -1.57. The summed E-state index contributed by atoms with van der Waals surface area (Å²) in [5, 5.41) is 2.82. The van der Waals surface area contributed by atoms with Gasteiger partial charge in [0.05, 0.1) is 6.61 Å². The molecule has 6 nitrogen and oxygen atoms in total. The van der Waals surface area contributed by atoms with Crippen LogP contribution in [-0.2, 0) is 0 Å². The van der Waals surface area contributed by atoms with Crippen LogP contribution in [0.4, 0.5) is 5.69 Å². The smallest absolute Gasteiger partial charge is 0.255 e. The molecule has 0 aliphatic heterocycles. The van der Waals surface area contributed by atoms with Gasteiger partial charge in [0.2, 0.25) is 0 Å². The van der Waals surface area contributed by atoms with E-state index in [-0.39, 0.29) is 49.2 Å². The van der Waals surface area contributed by atoms with E-state index in [0.29, 0.717) is 30.2 Å². The predicted molar refractivity (Wildman–Crippen MR) is 112 cm³/mol. The second kappa shape index (κ2) is 13.6. The van der Waals surface area contributed by atoms with Crippen molar-refractivity contribution < 1.29 is 9.53 Å².